The van der Waals surface area contributed by atoms with Gasteiger partial charge in [-0.05, 0) is 37.5 Å². The number of hydrogen-bond donors (Lipinski definition) is 1. The molecule has 0 bridgehead atoms. The summed E-state index contributed by atoms with van der Waals surface area (Å²) in [6, 6.07) is 0.401. The van der Waals surface area contributed by atoms with E-state index in [1.54, 1.807) is 0 Å². The van der Waals surface area contributed by atoms with Crippen LogP contribution >= 0.6 is 0 Å². The molecule has 1 fully saturated rings. The Bertz CT molecular complexity index is 308. The van der Waals surface area contributed by atoms with Crippen molar-refractivity contribution in [2.45, 2.75) is 65.0 Å². The smallest absolute Gasteiger partial charge is 0.325 e. The normalized spacial score (nSPS) is 27.4. The van der Waals surface area contributed by atoms with Crippen LogP contribution in [0.2, 0.25) is 0 Å². The molecule has 4 nitrogen and oxygen atoms in total. The molecule has 0 amide bonds. The maximum atomic E-state index is 11.9. The van der Waals surface area contributed by atoms with Crippen LogP contribution in [0.4, 0.5) is 0 Å². The molecule has 0 radical (unpaired) electrons. The van der Waals surface area contributed by atoms with Crippen molar-refractivity contribution in [2.75, 3.05) is 20.2 Å². The molecule has 20 heavy (non-hydrogen) atoms. The van der Waals surface area contributed by atoms with Gasteiger partial charge in [0, 0.05) is 19.1 Å². The van der Waals surface area contributed by atoms with E-state index in [0.717, 1.165) is 38.8 Å². The third-order valence-corrected chi connectivity index (χ3v) is 4.07. The predicted octanol–water partition coefficient (Wildman–Crippen LogP) is 2.41. The molecule has 2 atom stereocenters. The van der Waals surface area contributed by atoms with E-state index >= 15 is 0 Å². The second-order valence-corrected chi connectivity index (χ2v) is 7.14. The molecule has 1 saturated carbocycles. The minimum atomic E-state index is -0.788. The predicted molar refractivity (Wildman–Crippen MR) is 82.4 cm³/mol. The number of hydrogen-bond acceptors (Lipinski definition) is 4. The van der Waals surface area contributed by atoms with Gasteiger partial charge in [0.25, 0.3) is 0 Å². The highest BCUT2D eigenvalue weighted by atomic mass is 16.5. The van der Waals surface area contributed by atoms with Crippen LogP contribution in [-0.2, 0) is 9.53 Å². The molecule has 0 aromatic heterocycles. The summed E-state index contributed by atoms with van der Waals surface area (Å²) in [6.45, 7) is 11.1. The first kappa shape index (κ1) is 17.4. The molecule has 1 aliphatic rings. The monoisotopic (exact) mass is 284 g/mol. The summed E-state index contributed by atoms with van der Waals surface area (Å²) in [5.74, 6) is 0.998. The number of ether oxygens (including phenoxy) is 1. The molecule has 0 aliphatic heterocycles. The van der Waals surface area contributed by atoms with Crippen molar-refractivity contribution in [3.8, 4) is 0 Å². The fourth-order valence-electron chi connectivity index (χ4n) is 3.29. The highest BCUT2D eigenvalue weighted by Gasteiger charge is 2.42. The highest BCUT2D eigenvalue weighted by Crippen LogP contribution is 2.31. The Morgan fingerprint density at radius 3 is 2.30 bits per heavy atom. The van der Waals surface area contributed by atoms with Gasteiger partial charge in [0.2, 0.25) is 0 Å². The van der Waals surface area contributed by atoms with Crippen LogP contribution in [0.15, 0.2) is 0 Å². The number of carbonyl (C=O) groups excluding carboxylic acids is 1. The van der Waals surface area contributed by atoms with Crippen LogP contribution in [0.1, 0.15) is 53.4 Å². The van der Waals surface area contributed by atoms with Crippen molar-refractivity contribution in [3.63, 3.8) is 0 Å². The molecule has 2 unspecified atom stereocenters. The van der Waals surface area contributed by atoms with Crippen LogP contribution in [0, 0.1) is 11.8 Å². The van der Waals surface area contributed by atoms with Gasteiger partial charge in [0.1, 0.15) is 5.54 Å². The minimum Gasteiger partial charge on any atom is -0.468 e. The van der Waals surface area contributed by atoms with Crippen molar-refractivity contribution in [3.05, 3.63) is 0 Å². The van der Waals surface area contributed by atoms with Crippen LogP contribution in [0.5, 0.6) is 0 Å². The summed E-state index contributed by atoms with van der Waals surface area (Å²) in [7, 11) is 1.43. The van der Waals surface area contributed by atoms with E-state index in [-0.39, 0.29) is 5.97 Å². The van der Waals surface area contributed by atoms with Crippen LogP contribution in [0.3, 0.4) is 0 Å². The summed E-state index contributed by atoms with van der Waals surface area (Å²) in [5, 5.41) is 0. The van der Waals surface area contributed by atoms with Crippen molar-refractivity contribution in [2.24, 2.45) is 17.6 Å². The molecule has 1 rings (SSSR count). The Kier molecular flexibility index (Phi) is 6.46. The lowest BCUT2D eigenvalue weighted by Gasteiger charge is -2.42. The molecule has 0 saturated heterocycles. The third-order valence-electron chi connectivity index (χ3n) is 4.07. The summed E-state index contributed by atoms with van der Waals surface area (Å²) >= 11 is 0. The van der Waals surface area contributed by atoms with Gasteiger partial charge in [-0.3, -0.25) is 9.69 Å². The minimum absolute atomic E-state index is 0.253. The van der Waals surface area contributed by atoms with E-state index < -0.39 is 5.54 Å². The Balaban J connectivity index is 2.77. The Morgan fingerprint density at radius 1 is 1.30 bits per heavy atom. The number of nitrogens with zero attached hydrogens (tertiary/aromatic N) is 1. The van der Waals surface area contributed by atoms with Crippen LogP contribution in [0.25, 0.3) is 0 Å². The van der Waals surface area contributed by atoms with Crippen LogP contribution < -0.4 is 5.73 Å². The standard InChI is InChI=1S/C16H32N2O2/c1-12(2)10-18(11-13(3)4)14-7-6-8-16(17,9-14)15(19)20-5/h12-14H,6-11,17H2,1-5H3. The number of nitrogens with two attached hydrogens (primary N) is 1. The fourth-order valence-corrected chi connectivity index (χ4v) is 3.29. The summed E-state index contributed by atoms with van der Waals surface area (Å²) in [5.41, 5.74) is 5.51. The second-order valence-electron chi connectivity index (χ2n) is 7.14. The first-order chi connectivity index (χ1) is 9.28. The van der Waals surface area contributed by atoms with Crippen molar-refractivity contribution in [1.29, 1.82) is 0 Å². The lowest BCUT2D eigenvalue weighted by molar-refractivity contribution is -0.149. The Hall–Kier alpha value is -0.610. The second kappa shape index (κ2) is 7.41. The zero-order valence-electron chi connectivity index (χ0n) is 13.8. The average molecular weight is 284 g/mol. The van der Waals surface area contributed by atoms with Gasteiger partial charge in [-0.25, -0.2) is 0 Å². The van der Waals surface area contributed by atoms with Gasteiger partial charge >= 0.3 is 5.97 Å². The number of carbonyl (C=O) groups is 1. The van der Waals surface area contributed by atoms with Gasteiger partial charge in [0.05, 0.1) is 7.11 Å². The van der Waals surface area contributed by atoms with Gasteiger partial charge < -0.3 is 10.5 Å². The van der Waals surface area contributed by atoms with Crippen molar-refractivity contribution < 1.29 is 9.53 Å². The third kappa shape index (κ3) is 4.74. The van der Waals surface area contributed by atoms with Gasteiger partial charge in [0.15, 0.2) is 0 Å². The van der Waals surface area contributed by atoms with Gasteiger partial charge in [-0.15, -0.1) is 0 Å². The van der Waals surface area contributed by atoms with E-state index in [1.807, 2.05) is 0 Å². The molecule has 0 heterocycles. The van der Waals surface area contributed by atoms with Gasteiger partial charge in [-0.2, -0.15) is 0 Å². The van der Waals surface area contributed by atoms with Gasteiger partial charge in [-0.1, -0.05) is 27.7 Å². The molecular formula is C16H32N2O2. The molecule has 0 aromatic rings. The highest BCUT2D eigenvalue weighted by molar-refractivity contribution is 5.80. The Morgan fingerprint density at radius 2 is 1.85 bits per heavy atom. The number of rotatable bonds is 6. The van der Waals surface area contributed by atoms with Crippen molar-refractivity contribution >= 4 is 5.97 Å². The first-order valence-electron chi connectivity index (χ1n) is 7.90. The largest absolute Gasteiger partial charge is 0.468 e. The van der Waals surface area contributed by atoms with E-state index in [0.29, 0.717) is 17.9 Å². The molecular weight excluding hydrogens is 252 g/mol. The molecule has 4 heteroatoms. The molecule has 0 spiro atoms. The molecule has 2 N–H and O–H groups in total. The molecule has 1 aliphatic carbocycles. The molecule has 118 valence electrons. The van der Waals surface area contributed by atoms with Crippen molar-refractivity contribution in [1.82, 2.24) is 4.90 Å². The topological polar surface area (TPSA) is 55.6 Å². The van der Waals surface area contributed by atoms with E-state index in [2.05, 4.69) is 32.6 Å². The first-order valence-corrected chi connectivity index (χ1v) is 7.90. The lowest BCUT2D eigenvalue weighted by atomic mass is 9.78. The van der Waals surface area contributed by atoms with E-state index in [4.69, 9.17) is 10.5 Å². The number of esters is 1. The maximum Gasteiger partial charge on any atom is 0.325 e. The van der Waals surface area contributed by atoms with Crippen LogP contribution in [-0.4, -0.2) is 42.6 Å². The molecule has 0 aromatic carbocycles. The summed E-state index contributed by atoms with van der Waals surface area (Å²) in [4.78, 5) is 14.5. The van der Waals surface area contributed by atoms with E-state index in [9.17, 15) is 4.79 Å². The fraction of sp³-hybridized carbons (Fsp3) is 0.938. The number of methoxy groups -OCH3 is 1. The summed E-state index contributed by atoms with van der Waals surface area (Å²) in [6.07, 6.45) is 3.60. The average Bonchev–Trinajstić information content (AvgIpc) is 2.36. The quantitative estimate of drug-likeness (QED) is 0.761. The lowest BCUT2D eigenvalue weighted by Crippen LogP contribution is -2.56. The SMILES string of the molecule is COC(=O)C1(N)CCCC(N(CC(C)C)CC(C)C)C1. The summed E-state index contributed by atoms with van der Waals surface area (Å²) < 4.78 is 4.90. The Labute approximate surface area is 124 Å². The van der Waals surface area contributed by atoms with E-state index in [1.165, 1.54) is 7.11 Å². The zero-order valence-corrected chi connectivity index (χ0v) is 13.8. The maximum absolute atomic E-state index is 11.9. The zero-order chi connectivity index (χ0) is 15.3.